The Hall–Kier alpha value is -1.65. The molecule has 2 aromatic heterocycles. The van der Waals surface area contributed by atoms with Crippen molar-refractivity contribution < 1.29 is 2.74 Å². The molecule has 0 radical (unpaired) electrons. The highest BCUT2D eigenvalue weighted by Crippen LogP contribution is 1.94. The molecular formula is C5H4N4O. The Bertz CT molecular complexity index is 488. The van der Waals surface area contributed by atoms with E-state index in [1.807, 2.05) is 0 Å². The molecule has 2 heterocycles. The zero-order valence-corrected chi connectivity index (χ0v) is 4.80. The Balaban J connectivity index is 2.98. The minimum absolute atomic E-state index is 0.0657. The number of hydrogen-bond donors (Lipinski definition) is 2. The van der Waals surface area contributed by atoms with Gasteiger partial charge in [0, 0.05) is 0 Å². The average molecular weight is 140 g/mol. The van der Waals surface area contributed by atoms with Crippen molar-refractivity contribution in [1.82, 2.24) is 19.9 Å². The lowest BCUT2D eigenvalue weighted by molar-refractivity contribution is 1.15. The molecule has 10 heavy (non-hydrogen) atoms. The molecule has 0 fully saturated rings. The van der Waals surface area contributed by atoms with Crippen molar-refractivity contribution in [2.75, 3.05) is 0 Å². The molecule has 2 rings (SSSR count). The molecule has 0 spiro atoms. The van der Waals surface area contributed by atoms with E-state index in [1.165, 1.54) is 0 Å². The lowest BCUT2D eigenvalue weighted by Gasteiger charge is -1.81. The number of nitrogens with one attached hydrogen (secondary N) is 2. The normalized spacial score (nSPS) is 13.2. The van der Waals surface area contributed by atoms with Gasteiger partial charge in [-0.05, 0) is 0 Å². The Morgan fingerprint density at radius 1 is 1.40 bits per heavy atom. The average Bonchev–Trinajstić information content (AvgIpc) is 2.29. The van der Waals surface area contributed by atoms with Crippen molar-refractivity contribution in [3.63, 3.8) is 0 Å². The second kappa shape index (κ2) is 1.66. The molecule has 2 N–H and O–H groups in total. The van der Waals surface area contributed by atoms with Crippen LogP contribution >= 0.6 is 0 Å². The van der Waals surface area contributed by atoms with Gasteiger partial charge in [-0.25, -0.2) is 9.97 Å². The third-order valence-corrected chi connectivity index (χ3v) is 1.12. The van der Waals surface area contributed by atoms with E-state index >= 15 is 0 Å². The maximum Gasteiger partial charge on any atom is 0.278 e. The van der Waals surface area contributed by atoms with E-state index in [9.17, 15) is 4.79 Å². The standard InChI is InChI=1S/C5H4N4O/c10-5-3-4(7-1-6-3)8-2-9-5/h1-2H,(H2,6,7,8,9,10)/i1T,2T. The van der Waals surface area contributed by atoms with E-state index in [0.717, 1.165) is 0 Å². The molecule has 0 bridgehead atoms. The van der Waals surface area contributed by atoms with E-state index < -0.39 is 5.56 Å². The number of imidazole rings is 1. The molecule has 0 unspecified atom stereocenters. The zero-order chi connectivity index (χ0) is 8.72. The topological polar surface area (TPSA) is 74.4 Å². The summed E-state index contributed by atoms with van der Waals surface area (Å²) >= 11 is 0. The number of H-pyrrole nitrogens is 2. The van der Waals surface area contributed by atoms with Gasteiger partial charge in [0.15, 0.2) is 11.2 Å². The van der Waals surface area contributed by atoms with E-state index in [1.54, 1.807) is 0 Å². The van der Waals surface area contributed by atoms with Gasteiger partial charge in [0.1, 0.15) is 2.74 Å². The molecule has 0 saturated heterocycles. The quantitative estimate of drug-likeness (QED) is 0.525. The molecule has 0 atom stereocenters. The molecule has 2 aromatic rings. The van der Waals surface area contributed by atoms with Crippen molar-refractivity contribution in [2.45, 2.75) is 0 Å². The summed E-state index contributed by atoms with van der Waals surface area (Å²) in [5.74, 6) is 0. The summed E-state index contributed by atoms with van der Waals surface area (Å²) in [6.45, 7) is 0. The van der Waals surface area contributed by atoms with Crippen molar-refractivity contribution in [1.29, 1.82) is 0 Å². The van der Waals surface area contributed by atoms with Gasteiger partial charge in [-0.1, -0.05) is 0 Å². The van der Waals surface area contributed by atoms with Gasteiger partial charge in [-0.15, -0.1) is 0 Å². The van der Waals surface area contributed by atoms with Crippen LogP contribution in [0.15, 0.2) is 17.4 Å². The van der Waals surface area contributed by atoms with Gasteiger partial charge in [0.25, 0.3) is 5.56 Å². The van der Waals surface area contributed by atoms with E-state index in [-0.39, 0.29) is 23.8 Å². The highest BCUT2D eigenvalue weighted by atomic mass is 16.1. The minimum atomic E-state index is -0.500. The Labute approximate surface area is 58.0 Å². The van der Waals surface area contributed by atoms with Crippen molar-refractivity contribution in [3.8, 4) is 0 Å². The van der Waals surface area contributed by atoms with Crippen LogP contribution in [0, 0.1) is 0 Å². The molecular weight excluding hydrogens is 132 g/mol. The highest BCUT2D eigenvalue weighted by molar-refractivity contribution is 5.67. The molecule has 0 aliphatic heterocycles. The van der Waals surface area contributed by atoms with Crippen molar-refractivity contribution in [2.24, 2.45) is 0 Å². The monoisotopic (exact) mass is 140 g/mol. The Morgan fingerprint density at radius 3 is 3.10 bits per heavy atom. The first-order chi connectivity index (χ1) is 5.66. The van der Waals surface area contributed by atoms with Crippen LogP contribution < -0.4 is 5.56 Å². The Morgan fingerprint density at radius 2 is 2.20 bits per heavy atom. The SMILES string of the molecule is [3H]c1nc2[nH]c([3H])nc2c(=O)[nH]1. The van der Waals surface area contributed by atoms with Gasteiger partial charge in [0.2, 0.25) is 0 Å². The summed E-state index contributed by atoms with van der Waals surface area (Å²) in [4.78, 5) is 22.8. The van der Waals surface area contributed by atoms with Gasteiger partial charge >= 0.3 is 0 Å². The van der Waals surface area contributed by atoms with Crippen LogP contribution in [0.4, 0.5) is 0 Å². The Kier molecular flexibility index (Phi) is 0.582. The smallest absolute Gasteiger partial charge is 0.278 e. The van der Waals surface area contributed by atoms with Crippen LogP contribution in [-0.2, 0) is 0 Å². The van der Waals surface area contributed by atoms with E-state index in [0.29, 0.717) is 0 Å². The van der Waals surface area contributed by atoms with E-state index in [4.69, 9.17) is 2.74 Å². The third-order valence-electron chi connectivity index (χ3n) is 1.12. The zero-order valence-electron chi connectivity index (χ0n) is 6.80. The first-order valence-electron chi connectivity index (χ1n) is 3.60. The van der Waals surface area contributed by atoms with Crippen LogP contribution in [0.3, 0.4) is 0 Å². The predicted octanol–water partition coefficient (Wildman–Crippen LogP) is -0.354. The lowest BCUT2D eigenvalue weighted by Crippen LogP contribution is -2.05. The summed E-state index contributed by atoms with van der Waals surface area (Å²) in [6, 6.07) is 0. The van der Waals surface area contributed by atoms with Crippen LogP contribution in [0.1, 0.15) is 2.74 Å². The van der Waals surface area contributed by atoms with Crippen molar-refractivity contribution in [3.05, 3.63) is 23.0 Å². The fourth-order valence-electron chi connectivity index (χ4n) is 0.682. The van der Waals surface area contributed by atoms with Gasteiger partial charge in [-0.2, -0.15) is 0 Å². The molecule has 50 valence electrons. The number of rotatable bonds is 0. The first-order valence-corrected chi connectivity index (χ1v) is 2.60. The third kappa shape index (κ3) is 0.540. The fraction of sp³-hybridized carbons (Fsp3) is 0. The van der Waals surface area contributed by atoms with Crippen LogP contribution in [0.5, 0.6) is 0 Å². The maximum atomic E-state index is 11.0. The van der Waals surface area contributed by atoms with Crippen LogP contribution in [0.25, 0.3) is 11.2 Å². The highest BCUT2D eigenvalue weighted by Gasteiger charge is 1.97. The molecule has 0 amide bonds. The van der Waals surface area contributed by atoms with Gasteiger partial charge in [-0.3, -0.25) is 4.79 Å². The summed E-state index contributed by atoms with van der Waals surface area (Å²) in [5, 5.41) is 0. The minimum Gasteiger partial charge on any atom is -0.329 e. The molecule has 0 aromatic carbocycles. The first kappa shape index (κ1) is 3.50. The molecule has 0 saturated carbocycles. The summed E-state index contributed by atoms with van der Waals surface area (Å²) < 4.78 is 14.1. The van der Waals surface area contributed by atoms with Crippen LogP contribution in [0.2, 0.25) is 0 Å². The number of fused-ring (bicyclic) bond motifs is 1. The lowest BCUT2D eigenvalue weighted by atomic mass is 10.6. The number of hydrogen-bond acceptors (Lipinski definition) is 3. The molecule has 5 heteroatoms. The predicted molar refractivity (Wildman–Crippen MR) is 34.5 cm³/mol. The maximum absolute atomic E-state index is 11.0. The number of aromatic nitrogens is 4. The fourth-order valence-corrected chi connectivity index (χ4v) is 0.682. The molecule has 0 aliphatic carbocycles. The summed E-state index contributed by atoms with van der Waals surface area (Å²) in [5.41, 5.74) is -0.260. The summed E-state index contributed by atoms with van der Waals surface area (Å²) in [7, 11) is 0. The van der Waals surface area contributed by atoms with Crippen molar-refractivity contribution >= 4 is 11.2 Å². The van der Waals surface area contributed by atoms with Gasteiger partial charge < -0.3 is 9.97 Å². The van der Waals surface area contributed by atoms with Crippen LogP contribution in [-0.4, -0.2) is 19.9 Å². The van der Waals surface area contributed by atoms with Gasteiger partial charge in [0.05, 0.1) is 12.6 Å². The second-order valence-electron chi connectivity index (χ2n) is 1.72. The summed E-state index contributed by atoms with van der Waals surface area (Å²) in [6.07, 6.45) is -0.371. The van der Waals surface area contributed by atoms with E-state index in [2.05, 4.69) is 19.9 Å². The number of nitrogens with zero attached hydrogens (tertiary/aromatic N) is 2. The molecule has 5 nitrogen and oxygen atoms in total. The second-order valence-corrected chi connectivity index (χ2v) is 1.72. The largest absolute Gasteiger partial charge is 0.329 e. The molecule has 0 aliphatic rings. The number of aromatic amines is 2.